The van der Waals surface area contributed by atoms with Gasteiger partial charge >= 0.3 is 11.9 Å². The van der Waals surface area contributed by atoms with Crippen molar-refractivity contribution < 1.29 is 24.5 Å². The molecule has 1 aromatic carbocycles. The van der Waals surface area contributed by atoms with Crippen molar-refractivity contribution in [3.63, 3.8) is 0 Å². The molecule has 0 unspecified atom stereocenters. The highest BCUT2D eigenvalue weighted by atomic mass is 16.5. The molecule has 0 spiro atoms. The van der Waals surface area contributed by atoms with Crippen LogP contribution >= 0.6 is 0 Å². The molecule has 0 heterocycles. The highest BCUT2D eigenvalue weighted by molar-refractivity contribution is 6.27. The van der Waals surface area contributed by atoms with Crippen molar-refractivity contribution in [1.82, 2.24) is 5.32 Å². The number of aryl methyl sites for hydroxylation is 1. The number of hydrogen-bond donors (Lipinski definition) is 3. The fourth-order valence-electron chi connectivity index (χ4n) is 2.32. The molecule has 0 aliphatic carbocycles. The second-order valence-corrected chi connectivity index (χ2v) is 7.52. The van der Waals surface area contributed by atoms with Gasteiger partial charge in [0.1, 0.15) is 5.75 Å². The van der Waals surface area contributed by atoms with Gasteiger partial charge in [-0.05, 0) is 56.3 Å². The average molecular weight is 382 g/mol. The van der Waals surface area contributed by atoms with E-state index in [9.17, 15) is 0 Å². The van der Waals surface area contributed by atoms with E-state index in [1.807, 2.05) is 0 Å². The van der Waals surface area contributed by atoms with E-state index < -0.39 is 11.9 Å². The first-order chi connectivity index (χ1) is 12.6. The van der Waals surface area contributed by atoms with Gasteiger partial charge in [0.2, 0.25) is 0 Å². The van der Waals surface area contributed by atoms with Crippen molar-refractivity contribution >= 4 is 11.9 Å². The quantitative estimate of drug-likeness (QED) is 0.442. The second-order valence-electron chi connectivity index (χ2n) is 7.52. The van der Waals surface area contributed by atoms with Crippen LogP contribution in [0.25, 0.3) is 0 Å². The van der Waals surface area contributed by atoms with Crippen LogP contribution in [0.2, 0.25) is 0 Å². The fraction of sp³-hybridized carbons (Fsp3) is 0.619. The van der Waals surface area contributed by atoms with Crippen molar-refractivity contribution in [1.29, 1.82) is 0 Å². The molecule has 0 aromatic heterocycles. The van der Waals surface area contributed by atoms with Crippen LogP contribution in [0.15, 0.2) is 18.2 Å². The molecule has 0 aliphatic heterocycles. The van der Waals surface area contributed by atoms with Crippen LogP contribution < -0.4 is 10.1 Å². The van der Waals surface area contributed by atoms with E-state index in [2.05, 4.69) is 58.1 Å². The molecule has 0 radical (unpaired) electrons. The molecule has 6 heteroatoms. The standard InChI is InChI=1S/C19H33NO.C2H2O4/c1-6-7-12-20-13-8-9-14-21-18-11-10-16(2)15-17(18)19(3,4)5;3-1(4)2(5)6/h10-11,15,20H,6-9,12-14H2,1-5H3;(H,3,4)(H,5,6). The van der Waals surface area contributed by atoms with Gasteiger partial charge in [-0.2, -0.15) is 0 Å². The Balaban J connectivity index is 0.000000972. The molecular formula is C21H35NO5. The lowest BCUT2D eigenvalue weighted by Gasteiger charge is -2.23. The van der Waals surface area contributed by atoms with E-state index in [0.29, 0.717) is 0 Å². The Morgan fingerprint density at radius 3 is 2.15 bits per heavy atom. The summed E-state index contributed by atoms with van der Waals surface area (Å²) in [4.78, 5) is 18.2. The van der Waals surface area contributed by atoms with E-state index in [4.69, 9.17) is 24.5 Å². The van der Waals surface area contributed by atoms with Gasteiger partial charge in [-0.25, -0.2) is 9.59 Å². The number of carbonyl (C=O) groups is 2. The Morgan fingerprint density at radius 1 is 1.04 bits per heavy atom. The van der Waals surface area contributed by atoms with Crippen molar-refractivity contribution in [3.05, 3.63) is 29.3 Å². The molecule has 1 aromatic rings. The minimum Gasteiger partial charge on any atom is -0.493 e. The van der Waals surface area contributed by atoms with Crippen molar-refractivity contribution in [2.75, 3.05) is 19.7 Å². The lowest BCUT2D eigenvalue weighted by atomic mass is 9.85. The summed E-state index contributed by atoms with van der Waals surface area (Å²) in [5.41, 5.74) is 2.74. The van der Waals surface area contributed by atoms with Crippen LogP contribution in [0.3, 0.4) is 0 Å². The third-order valence-corrected chi connectivity index (χ3v) is 3.84. The maximum Gasteiger partial charge on any atom is 0.414 e. The zero-order chi connectivity index (χ0) is 20.9. The molecule has 0 saturated carbocycles. The Bertz CT molecular complexity index is 566. The third kappa shape index (κ3) is 12.0. The van der Waals surface area contributed by atoms with Gasteiger partial charge in [0, 0.05) is 0 Å². The summed E-state index contributed by atoms with van der Waals surface area (Å²) >= 11 is 0. The van der Waals surface area contributed by atoms with Gasteiger partial charge in [0.25, 0.3) is 0 Å². The van der Waals surface area contributed by atoms with Crippen molar-refractivity contribution in [3.8, 4) is 5.75 Å². The van der Waals surface area contributed by atoms with Crippen molar-refractivity contribution in [2.45, 2.75) is 65.7 Å². The molecule has 3 N–H and O–H groups in total. The number of aliphatic carboxylic acids is 2. The minimum absolute atomic E-state index is 0.128. The number of rotatable bonds is 9. The van der Waals surface area contributed by atoms with Crippen LogP contribution in [-0.4, -0.2) is 41.8 Å². The number of carboxylic acid groups (broad SMARTS) is 2. The maximum atomic E-state index is 9.10. The zero-order valence-corrected chi connectivity index (χ0v) is 17.3. The largest absolute Gasteiger partial charge is 0.493 e. The predicted octanol–water partition coefficient (Wildman–Crippen LogP) is 4.00. The van der Waals surface area contributed by atoms with Crippen LogP contribution in [0.5, 0.6) is 5.75 Å². The van der Waals surface area contributed by atoms with Gasteiger partial charge in [0.05, 0.1) is 6.61 Å². The fourth-order valence-corrected chi connectivity index (χ4v) is 2.32. The smallest absolute Gasteiger partial charge is 0.414 e. The van der Waals surface area contributed by atoms with Crippen molar-refractivity contribution in [2.24, 2.45) is 0 Å². The van der Waals surface area contributed by atoms with Gasteiger partial charge in [-0.1, -0.05) is 51.8 Å². The summed E-state index contributed by atoms with van der Waals surface area (Å²) in [6, 6.07) is 6.51. The highest BCUT2D eigenvalue weighted by Crippen LogP contribution is 2.32. The van der Waals surface area contributed by atoms with E-state index in [1.54, 1.807) is 0 Å². The molecule has 0 aliphatic rings. The lowest BCUT2D eigenvalue weighted by Crippen LogP contribution is -2.17. The van der Waals surface area contributed by atoms with Crippen LogP contribution in [-0.2, 0) is 15.0 Å². The van der Waals surface area contributed by atoms with E-state index in [-0.39, 0.29) is 5.41 Å². The Morgan fingerprint density at radius 2 is 1.63 bits per heavy atom. The predicted molar refractivity (Wildman–Crippen MR) is 108 cm³/mol. The topological polar surface area (TPSA) is 95.9 Å². The third-order valence-electron chi connectivity index (χ3n) is 3.84. The van der Waals surface area contributed by atoms with Gasteiger partial charge in [0.15, 0.2) is 0 Å². The van der Waals surface area contributed by atoms with Gasteiger partial charge in [-0.15, -0.1) is 0 Å². The monoisotopic (exact) mass is 381 g/mol. The normalized spacial score (nSPS) is 10.7. The maximum absolute atomic E-state index is 9.10. The number of benzene rings is 1. The second kappa shape index (κ2) is 13.1. The van der Waals surface area contributed by atoms with Crippen LogP contribution in [0, 0.1) is 6.92 Å². The Kier molecular flexibility index (Phi) is 12.1. The Hall–Kier alpha value is -2.08. The molecule has 6 nitrogen and oxygen atoms in total. The Labute approximate surface area is 162 Å². The summed E-state index contributed by atoms with van der Waals surface area (Å²) in [5.74, 6) is -2.60. The minimum atomic E-state index is -1.82. The summed E-state index contributed by atoms with van der Waals surface area (Å²) in [5, 5.41) is 18.3. The SMILES string of the molecule is CCCCNCCCCOc1ccc(C)cc1C(C)(C)C.O=C(O)C(=O)O. The molecule has 27 heavy (non-hydrogen) atoms. The molecule has 0 bridgehead atoms. The number of carboxylic acids is 2. The molecular weight excluding hydrogens is 346 g/mol. The summed E-state index contributed by atoms with van der Waals surface area (Å²) in [7, 11) is 0. The van der Waals surface area contributed by atoms with Crippen LogP contribution in [0.1, 0.15) is 64.5 Å². The first kappa shape index (κ1) is 24.9. The van der Waals surface area contributed by atoms with Gasteiger partial charge in [-0.3, -0.25) is 0 Å². The number of unbranched alkanes of at least 4 members (excludes halogenated alkanes) is 2. The number of ether oxygens (including phenoxy) is 1. The number of hydrogen-bond acceptors (Lipinski definition) is 4. The van der Waals surface area contributed by atoms with Gasteiger partial charge < -0.3 is 20.3 Å². The summed E-state index contributed by atoms with van der Waals surface area (Å²) in [6.07, 6.45) is 4.82. The molecule has 0 fully saturated rings. The highest BCUT2D eigenvalue weighted by Gasteiger charge is 2.18. The zero-order valence-electron chi connectivity index (χ0n) is 17.3. The summed E-state index contributed by atoms with van der Waals surface area (Å²) in [6.45, 7) is 14.1. The average Bonchev–Trinajstić information content (AvgIpc) is 2.58. The molecule has 0 atom stereocenters. The first-order valence-corrected chi connectivity index (χ1v) is 9.50. The van der Waals surface area contributed by atoms with E-state index in [0.717, 1.165) is 31.9 Å². The number of nitrogens with one attached hydrogen (secondary N) is 1. The van der Waals surface area contributed by atoms with E-state index in [1.165, 1.54) is 30.4 Å². The molecule has 1 rings (SSSR count). The first-order valence-electron chi connectivity index (χ1n) is 9.50. The molecule has 0 saturated heterocycles. The lowest BCUT2D eigenvalue weighted by molar-refractivity contribution is -0.159. The summed E-state index contributed by atoms with van der Waals surface area (Å²) < 4.78 is 6.02. The van der Waals surface area contributed by atoms with E-state index >= 15 is 0 Å². The van der Waals surface area contributed by atoms with Crippen LogP contribution in [0.4, 0.5) is 0 Å². The molecule has 0 amide bonds. The molecule has 154 valence electrons.